The van der Waals surface area contributed by atoms with Crippen LogP contribution >= 0.6 is 39.1 Å². The van der Waals surface area contributed by atoms with E-state index in [1.165, 1.54) is 11.6 Å². The molecule has 0 aromatic carbocycles. The molecule has 1 saturated carbocycles. The van der Waals surface area contributed by atoms with Crippen LogP contribution < -0.4 is 5.32 Å². The number of aromatic nitrogens is 4. The molecule has 29 heavy (non-hydrogen) atoms. The lowest BCUT2D eigenvalue weighted by Crippen LogP contribution is -2.33. The zero-order chi connectivity index (χ0) is 21.5. The summed E-state index contributed by atoms with van der Waals surface area (Å²) in [4.78, 5) is 12.5. The van der Waals surface area contributed by atoms with Gasteiger partial charge in [0.25, 0.3) is 0 Å². The van der Waals surface area contributed by atoms with Gasteiger partial charge in [-0.2, -0.15) is 23.4 Å². The van der Waals surface area contributed by atoms with Gasteiger partial charge in [0.05, 0.1) is 15.9 Å². The normalized spacial score (nSPS) is 15.6. The maximum absolute atomic E-state index is 13.2. The van der Waals surface area contributed by atoms with Crippen LogP contribution in [-0.2, 0) is 17.5 Å². The molecule has 0 bridgehead atoms. The van der Waals surface area contributed by atoms with Crippen molar-refractivity contribution in [3.05, 3.63) is 31.7 Å². The summed E-state index contributed by atoms with van der Waals surface area (Å²) in [5, 5.41) is 11.4. The molecule has 2 aromatic heterocycles. The van der Waals surface area contributed by atoms with E-state index in [2.05, 4.69) is 31.4 Å². The van der Waals surface area contributed by atoms with Crippen molar-refractivity contribution in [2.75, 3.05) is 6.54 Å². The highest BCUT2D eigenvalue weighted by Gasteiger charge is 2.42. The van der Waals surface area contributed by atoms with E-state index in [-0.39, 0.29) is 10.4 Å². The number of rotatable bonds is 7. The summed E-state index contributed by atoms with van der Waals surface area (Å²) in [5.41, 5.74) is 0.0414. The second kappa shape index (κ2) is 8.47. The van der Waals surface area contributed by atoms with Gasteiger partial charge in [-0.25, -0.2) is 0 Å². The van der Waals surface area contributed by atoms with E-state index >= 15 is 0 Å². The summed E-state index contributed by atoms with van der Waals surface area (Å²) in [6.07, 6.45) is -2.50. The number of halogens is 6. The van der Waals surface area contributed by atoms with Gasteiger partial charge in [-0.3, -0.25) is 14.2 Å². The minimum atomic E-state index is -4.59. The summed E-state index contributed by atoms with van der Waals surface area (Å²) >= 11 is 15.1. The van der Waals surface area contributed by atoms with Crippen molar-refractivity contribution in [1.82, 2.24) is 24.9 Å². The van der Waals surface area contributed by atoms with E-state index in [9.17, 15) is 18.0 Å². The van der Waals surface area contributed by atoms with Crippen LogP contribution in [0.25, 0.3) is 0 Å². The third kappa shape index (κ3) is 4.74. The zero-order valence-corrected chi connectivity index (χ0v) is 18.8. The Morgan fingerprint density at radius 2 is 2.00 bits per heavy atom. The highest BCUT2D eigenvalue weighted by Crippen LogP contribution is 2.47. The predicted molar refractivity (Wildman–Crippen MR) is 106 cm³/mol. The maximum atomic E-state index is 13.2. The molecule has 1 unspecified atom stereocenters. The van der Waals surface area contributed by atoms with Crippen LogP contribution in [0.5, 0.6) is 0 Å². The standard InChI is InChI=1S/C17H19BrCl2F3N5O/c1-8-12(19)15(20)27(25-8)7-3-6-24-16(29)9(2)28-13(10-4-5-10)11(18)14(26-28)17(21,22)23/h9-10H,3-7H2,1-2H3,(H,24,29). The molecule has 1 atom stereocenters. The van der Waals surface area contributed by atoms with Gasteiger partial charge in [-0.15, -0.1) is 0 Å². The lowest BCUT2D eigenvalue weighted by Gasteiger charge is -2.16. The van der Waals surface area contributed by atoms with Gasteiger partial charge in [0.15, 0.2) is 5.69 Å². The molecule has 0 radical (unpaired) electrons. The quantitative estimate of drug-likeness (QED) is 0.519. The topological polar surface area (TPSA) is 64.7 Å². The number of nitrogens with one attached hydrogen (secondary N) is 1. The molecule has 1 aliphatic carbocycles. The first-order valence-electron chi connectivity index (χ1n) is 9.03. The minimum Gasteiger partial charge on any atom is -0.354 e. The number of hydrogen-bond donors (Lipinski definition) is 1. The first-order valence-corrected chi connectivity index (χ1v) is 10.6. The molecule has 3 rings (SSSR count). The Morgan fingerprint density at radius 1 is 1.34 bits per heavy atom. The summed E-state index contributed by atoms with van der Waals surface area (Å²) < 4.78 is 42.3. The van der Waals surface area contributed by atoms with E-state index < -0.39 is 23.8 Å². The highest BCUT2D eigenvalue weighted by atomic mass is 79.9. The van der Waals surface area contributed by atoms with Gasteiger partial charge in [-0.1, -0.05) is 23.2 Å². The minimum absolute atomic E-state index is 0.0156. The molecule has 12 heteroatoms. The number of amides is 1. The number of aryl methyl sites for hydroxylation is 2. The monoisotopic (exact) mass is 515 g/mol. The van der Waals surface area contributed by atoms with Gasteiger partial charge in [0.1, 0.15) is 16.2 Å². The molecule has 1 N–H and O–H groups in total. The van der Waals surface area contributed by atoms with Crippen LogP contribution in [0, 0.1) is 6.92 Å². The fourth-order valence-electron chi connectivity index (χ4n) is 3.01. The Kier molecular flexibility index (Phi) is 6.55. The van der Waals surface area contributed by atoms with Crippen LogP contribution in [0.2, 0.25) is 10.2 Å². The van der Waals surface area contributed by atoms with Crippen molar-refractivity contribution in [3.63, 3.8) is 0 Å². The van der Waals surface area contributed by atoms with Gasteiger partial charge in [0, 0.05) is 19.0 Å². The molecule has 0 spiro atoms. The third-order valence-corrected chi connectivity index (χ3v) is 6.42. The smallest absolute Gasteiger partial charge is 0.354 e. The number of hydrogen-bond acceptors (Lipinski definition) is 3. The molecule has 160 valence electrons. The van der Waals surface area contributed by atoms with E-state index in [0.717, 1.165) is 12.8 Å². The number of carbonyl (C=O) groups excluding carboxylic acids is 1. The van der Waals surface area contributed by atoms with Crippen LogP contribution in [0.3, 0.4) is 0 Å². The molecule has 1 amide bonds. The first kappa shape index (κ1) is 22.4. The van der Waals surface area contributed by atoms with Gasteiger partial charge < -0.3 is 5.32 Å². The van der Waals surface area contributed by atoms with Gasteiger partial charge >= 0.3 is 6.18 Å². The van der Waals surface area contributed by atoms with Crippen molar-refractivity contribution in [2.45, 2.75) is 57.8 Å². The van der Waals surface area contributed by atoms with Crippen molar-refractivity contribution >= 4 is 45.0 Å². The van der Waals surface area contributed by atoms with Crippen molar-refractivity contribution in [2.24, 2.45) is 0 Å². The molecular formula is C17H19BrCl2F3N5O. The number of alkyl halides is 3. The summed E-state index contributed by atoms with van der Waals surface area (Å²) in [7, 11) is 0. The lowest BCUT2D eigenvalue weighted by atomic mass is 10.2. The van der Waals surface area contributed by atoms with E-state index in [1.54, 1.807) is 11.6 Å². The van der Waals surface area contributed by atoms with Crippen LogP contribution in [0.15, 0.2) is 4.47 Å². The molecular weight excluding hydrogens is 498 g/mol. The first-order chi connectivity index (χ1) is 13.5. The SMILES string of the molecule is Cc1nn(CCCNC(=O)C(C)n2nc(C(F)(F)F)c(Br)c2C2CC2)c(Cl)c1Cl. The fourth-order valence-corrected chi connectivity index (χ4v) is 4.21. The maximum Gasteiger partial charge on any atom is 0.436 e. The third-order valence-electron chi connectivity index (χ3n) is 4.71. The highest BCUT2D eigenvalue weighted by molar-refractivity contribution is 9.10. The number of carbonyl (C=O) groups is 1. The number of nitrogens with zero attached hydrogens (tertiary/aromatic N) is 4. The Hall–Kier alpha value is -1.26. The summed E-state index contributed by atoms with van der Waals surface area (Å²) in [6.45, 7) is 4.03. The Bertz CT molecular complexity index is 923. The Balaban J connectivity index is 1.63. The molecule has 2 aromatic rings. The van der Waals surface area contributed by atoms with E-state index in [1.807, 2.05) is 0 Å². The van der Waals surface area contributed by atoms with Crippen LogP contribution in [0.4, 0.5) is 13.2 Å². The molecule has 2 heterocycles. The Labute approximate surface area is 183 Å². The molecule has 0 aliphatic heterocycles. The van der Waals surface area contributed by atoms with Crippen molar-refractivity contribution in [1.29, 1.82) is 0 Å². The van der Waals surface area contributed by atoms with E-state index in [4.69, 9.17) is 23.2 Å². The van der Waals surface area contributed by atoms with Crippen molar-refractivity contribution < 1.29 is 18.0 Å². The fraction of sp³-hybridized carbons (Fsp3) is 0.588. The second-order valence-electron chi connectivity index (χ2n) is 7.00. The lowest BCUT2D eigenvalue weighted by molar-refractivity contribution is -0.142. The van der Waals surface area contributed by atoms with Crippen LogP contribution in [-0.4, -0.2) is 32.0 Å². The Morgan fingerprint density at radius 3 is 2.52 bits per heavy atom. The second-order valence-corrected chi connectivity index (χ2v) is 8.53. The average molecular weight is 517 g/mol. The van der Waals surface area contributed by atoms with Gasteiger partial charge in [-0.05, 0) is 49.0 Å². The average Bonchev–Trinajstić information content (AvgIpc) is 3.37. The molecule has 0 saturated heterocycles. The van der Waals surface area contributed by atoms with Crippen molar-refractivity contribution in [3.8, 4) is 0 Å². The summed E-state index contributed by atoms with van der Waals surface area (Å²) in [5.74, 6) is -0.422. The van der Waals surface area contributed by atoms with E-state index in [0.29, 0.717) is 41.1 Å². The molecule has 1 fully saturated rings. The zero-order valence-electron chi connectivity index (χ0n) is 15.7. The summed E-state index contributed by atoms with van der Waals surface area (Å²) in [6, 6.07) is -0.872. The largest absolute Gasteiger partial charge is 0.436 e. The van der Waals surface area contributed by atoms with Gasteiger partial charge in [0.2, 0.25) is 5.91 Å². The molecule has 6 nitrogen and oxygen atoms in total. The predicted octanol–water partition coefficient (Wildman–Crippen LogP) is 5.12. The van der Waals surface area contributed by atoms with Crippen LogP contribution in [0.1, 0.15) is 55.2 Å². The molecule has 1 aliphatic rings.